The number of hydrogen-bond acceptors (Lipinski definition) is 2. The van der Waals surface area contributed by atoms with Gasteiger partial charge in [-0.05, 0) is 36.1 Å². The van der Waals surface area contributed by atoms with E-state index < -0.39 is 23.1 Å². The summed E-state index contributed by atoms with van der Waals surface area (Å²) in [6.45, 7) is 3.14. The number of carbonyl (C=O) groups is 1. The number of amides is 1. The third-order valence-corrected chi connectivity index (χ3v) is 4.34. The van der Waals surface area contributed by atoms with E-state index in [9.17, 15) is 13.6 Å². The van der Waals surface area contributed by atoms with Gasteiger partial charge in [-0.3, -0.25) is 9.69 Å². The lowest BCUT2D eigenvalue weighted by molar-refractivity contribution is 0.0943. The Bertz CT molecular complexity index is 713. The van der Waals surface area contributed by atoms with Crippen LogP contribution in [-0.2, 0) is 13.0 Å². The zero-order chi connectivity index (χ0) is 16.9. The fourth-order valence-electron chi connectivity index (χ4n) is 3.05. The zero-order valence-electron chi connectivity index (χ0n) is 13.4. The van der Waals surface area contributed by atoms with Crippen LogP contribution in [0.25, 0.3) is 0 Å². The van der Waals surface area contributed by atoms with Crippen molar-refractivity contribution in [1.82, 2.24) is 10.2 Å². The number of nitrogens with zero attached hydrogens (tertiary/aromatic N) is 1. The van der Waals surface area contributed by atoms with Crippen LogP contribution in [0.5, 0.6) is 0 Å². The van der Waals surface area contributed by atoms with E-state index in [-0.39, 0.29) is 0 Å². The van der Waals surface area contributed by atoms with Crippen LogP contribution in [0.15, 0.2) is 42.5 Å². The molecule has 1 N–H and O–H groups in total. The van der Waals surface area contributed by atoms with Gasteiger partial charge in [0.05, 0.1) is 0 Å². The topological polar surface area (TPSA) is 32.3 Å². The Balaban J connectivity index is 1.45. The van der Waals surface area contributed by atoms with Gasteiger partial charge in [-0.25, -0.2) is 8.78 Å². The molecule has 0 fully saturated rings. The Kier molecular flexibility index (Phi) is 5.20. The van der Waals surface area contributed by atoms with Crippen LogP contribution in [0.2, 0.25) is 0 Å². The number of benzene rings is 2. The normalized spacial score (nSPS) is 14.2. The highest BCUT2D eigenvalue weighted by Crippen LogP contribution is 2.18. The van der Waals surface area contributed by atoms with Crippen LogP contribution in [0.3, 0.4) is 0 Å². The van der Waals surface area contributed by atoms with Crippen LogP contribution in [0.1, 0.15) is 27.9 Å². The average Bonchev–Trinajstić information content (AvgIpc) is 2.58. The minimum atomic E-state index is -0.833. The van der Waals surface area contributed by atoms with E-state index in [0.717, 1.165) is 44.6 Å². The van der Waals surface area contributed by atoms with Gasteiger partial charge in [0.1, 0.15) is 17.2 Å². The third kappa shape index (κ3) is 3.79. The number of halogens is 2. The summed E-state index contributed by atoms with van der Waals surface area (Å²) in [7, 11) is 0. The summed E-state index contributed by atoms with van der Waals surface area (Å²) in [6.07, 6.45) is 1.77. The molecule has 0 radical (unpaired) electrons. The van der Waals surface area contributed by atoms with Gasteiger partial charge in [-0.15, -0.1) is 0 Å². The van der Waals surface area contributed by atoms with Crippen LogP contribution in [-0.4, -0.2) is 30.4 Å². The van der Waals surface area contributed by atoms with Crippen molar-refractivity contribution in [2.24, 2.45) is 0 Å². The summed E-state index contributed by atoms with van der Waals surface area (Å²) < 4.78 is 27.1. The maximum atomic E-state index is 13.5. The van der Waals surface area contributed by atoms with Gasteiger partial charge in [0.2, 0.25) is 0 Å². The standard InChI is InChI=1S/C19H20F2N2O/c20-16-7-3-8-17(21)18(16)19(24)22-10-4-11-23-12-9-14-5-1-2-6-15(14)13-23/h1-3,5-8H,4,9-13H2,(H,22,24). The number of fused-ring (bicyclic) bond motifs is 1. The summed E-state index contributed by atoms with van der Waals surface area (Å²) in [5, 5.41) is 2.59. The largest absolute Gasteiger partial charge is 0.352 e. The molecule has 0 unspecified atom stereocenters. The van der Waals surface area contributed by atoms with E-state index in [0.29, 0.717) is 6.54 Å². The summed E-state index contributed by atoms with van der Waals surface area (Å²) in [5.74, 6) is -2.37. The van der Waals surface area contributed by atoms with Gasteiger partial charge in [0, 0.05) is 26.2 Å². The Hall–Kier alpha value is -2.27. The van der Waals surface area contributed by atoms with Crippen molar-refractivity contribution in [3.63, 3.8) is 0 Å². The summed E-state index contributed by atoms with van der Waals surface area (Å²) in [5.41, 5.74) is 2.24. The first kappa shape index (κ1) is 16.6. The molecule has 0 aromatic heterocycles. The molecule has 0 saturated heterocycles. The number of hydrogen-bond donors (Lipinski definition) is 1. The van der Waals surface area contributed by atoms with E-state index in [2.05, 4.69) is 28.4 Å². The SMILES string of the molecule is O=C(NCCCN1CCc2ccccc2C1)c1c(F)cccc1F. The van der Waals surface area contributed by atoms with Gasteiger partial charge in [0.25, 0.3) is 5.91 Å². The third-order valence-electron chi connectivity index (χ3n) is 4.34. The smallest absolute Gasteiger partial charge is 0.257 e. The van der Waals surface area contributed by atoms with Crippen molar-refractivity contribution >= 4 is 5.91 Å². The van der Waals surface area contributed by atoms with E-state index in [1.807, 2.05) is 6.07 Å². The molecule has 1 amide bonds. The zero-order valence-corrected chi connectivity index (χ0v) is 13.4. The molecule has 24 heavy (non-hydrogen) atoms. The highest BCUT2D eigenvalue weighted by Gasteiger charge is 2.17. The van der Waals surface area contributed by atoms with Gasteiger partial charge in [0.15, 0.2) is 0 Å². The lowest BCUT2D eigenvalue weighted by Crippen LogP contribution is -2.34. The molecule has 0 aliphatic carbocycles. The molecular weight excluding hydrogens is 310 g/mol. The maximum Gasteiger partial charge on any atom is 0.257 e. The van der Waals surface area contributed by atoms with Crippen LogP contribution >= 0.6 is 0 Å². The predicted octanol–water partition coefficient (Wildman–Crippen LogP) is 3.14. The lowest BCUT2D eigenvalue weighted by atomic mass is 10.00. The van der Waals surface area contributed by atoms with Crippen molar-refractivity contribution in [1.29, 1.82) is 0 Å². The molecule has 2 aromatic carbocycles. The number of nitrogens with one attached hydrogen (secondary N) is 1. The van der Waals surface area contributed by atoms with Gasteiger partial charge < -0.3 is 5.32 Å². The molecular formula is C19H20F2N2O. The second-order valence-electron chi connectivity index (χ2n) is 6.00. The van der Waals surface area contributed by atoms with E-state index in [4.69, 9.17) is 0 Å². The van der Waals surface area contributed by atoms with E-state index in [1.54, 1.807) is 0 Å². The highest BCUT2D eigenvalue weighted by molar-refractivity contribution is 5.94. The Morgan fingerprint density at radius 1 is 1.04 bits per heavy atom. The molecule has 1 heterocycles. The van der Waals surface area contributed by atoms with Crippen molar-refractivity contribution in [2.75, 3.05) is 19.6 Å². The molecule has 0 saturated carbocycles. The maximum absolute atomic E-state index is 13.5. The first-order chi connectivity index (χ1) is 11.6. The molecule has 0 spiro atoms. The molecule has 1 aliphatic rings. The Labute approximate surface area is 140 Å². The molecule has 1 aliphatic heterocycles. The van der Waals surface area contributed by atoms with Crippen molar-refractivity contribution in [3.05, 3.63) is 70.8 Å². The molecule has 0 atom stereocenters. The molecule has 3 rings (SSSR count). The van der Waals surface area contributed by atoms with E-state index in [1.165, 1.54) is 17.2 Å². The summed E-state index contributed by atoms with van der Waals surface area (Å²) >= 11 is 0. The quantitative estimate of drug-likeness (QED) is 0.854. The minimum absolute atomic E-state index is 0.394. The second-order valence-corrected chi connectivity index (χ2v) is 6.00. The molecule has 5 heteroatoms. The fourth-order valence-corrected chi connectivity index (χ4v) is 3.05. The number of carbonyl (C=O) groups excluding carboxylic acids is 1. The Morgan fingerprint density at radius 3 is 2.50 bits per heavy atom. The Morgan fingerprint density at radius 2 is 1.75 bits per heavy atom. The van der Waals surface area contributed by atoms with Crippen molar-refractivity contribution in [3.8, 4) is 0 Å². The summed E-state index contributed by atoms with van der Waals surface area (Å²) in [6, 6.07) is 11.8. The van der Waals surface area contributed by atoms with Gasteiger partial charge in [-0.2, -0.15) is 0 Å². The average molecular weight is 330 g/mol. The van der Waals surface area contributed by atoms with Crippen LogP contribution in [0, 0.1) is 11.6 Å². The van der Waals surface area contributed by atoms with Gasteiger partial charge >= 0.3 is 0 Å². The first-order valence-electron chi connectivity index (χ1n) is 8.16. The van der Waals surface area contributed by atoms with Crippen molar-refractivity contribution in [2.45, 2.75) is 19.4 Å². The molecule has 0 bridgehead atoms. The lowest BCUT2D eigenvalue weighted by Gasteiger charge is -2.28. The van der Waals surface area contributed by atoms with Crippen LogP contribution in [0.4, 0.5) is 8.78 Å². The first-order valence-corrected chi connectivity index (χ1v) is 8.16. The predicted molar refractivity (Wildman–Crippen MR) is 88.7 cm³/mol. The second kappa shape index (κ2) is 7.53. The molecule has 126 valence electrons. The molecule has 2 aromatic rings. The van der Waals surface area contributed by atoms with Gasteiger partial charge in [-0.1, -0.05) is 30.3 Å². The fraction of sp³-hybridized carbons (Fsp3) is 0.316. The van der Waals surface area contributed by atoms with E-state index >= 15 is 0 Å². The monoisotopic (exact) mass is 330 g/mol. The molecule has 3 nitrogen and oxygen atoms in total. The number of rotatable bonds is 5. The summed E-state index contributed by atoms with van der Waals surface area (Å²) in [4.78, 5) is 14.2. The minimum Gasteiger partial charge on any atom is -0.352 e. The highest BCUT2D eigenvalue weighted by atomic mass is 19.1. The van der Waals surface area contributed by atoms with Crippen molar-refractivity contribution < 1.29 is 13.6 Å². The van der Waals surface area contributed by atoms with Crippen LogP contribution < -0.4 is 5.32 Å².